The number of carbonyl (C=O) groups excluding carboxylic acids is 2. The Labute approximate surface area is 139 Å². The minimum absolute atomic E-state index is 0.0971. The summed E-state index contributed by atoms with van der Waals surface area (Å²) in [6.07, 6.45) is 6.66. The third-order valence-corrected chi connectivity index (χ3v) is 5.04. The Hall–Kier alpha value is -2.70. The van der Waals surface area contributed by atoms with Crippen molar-refractivity contribution in [3.8, 4) is 0 Å². The maximum absolute atomic E-state index is 13.0. The molecule has 2 aromatic rings. The van der Waals surface area contributed by atoms with Gasteiger partial charge in [-0.3, -0.25) is 19.3 Å². The molecule has 2 aliphatic rings. The second kappa shape index (κ2) is 5.43. The van der Waals surface area contributed by atoms with Crippen molar-refractivity contribution in [3.63, 3.8) is 0 Å². The van der Waals surface area contributed by atoms with Gasteiger partial charge >= 0.3 is 0 Å². The number of rotatable bonds is 2. The van der Waals surface area contributed by atoms with Crippen molar-refractivity contribution in [1.82, 2.24) is 19.7 Å². The highest BCUT2D eigenvalue weighted by Gasteiger charge is 2.52. The van der Waals surface area contributed by atoms with Crippen molar-refractivity contribution in [2.24, 2.45) is 12.5 Å². The van der Waals surface area contributed by atoms with E-state index in [1.54, 1.807) is 45.1 Å². The van der Waals surface area contributed by atoms with Crippen molar-refractivity contribution in [2.75, 3.05) is 24.5 Å². The maximum Gasteiger partial charge on any atom is 0.272 e. The Morgan fingerprint density at radius 1 is 1.25 bits per heavy atom. The number of nitrogens with zero attached hydrogens (tertiary/aromatic N) is 5. The van der Waals surface area contributed by atoms with Crippen molar-refractivity contribution < 1.29 is 9.59 Å². The number of aromatic nitrogens is 3. The number of pyridine rings is 1. The summed E-state index contributed by atoms with van der Waals surface area (Å²) in [7, 11) is 1.84. The van der Waals surface area contributed by atoms with Crippen LogP contribution in [0.1, 0.15) is 23.3 Å². The predicted molar refractivity (Wildman–Crippen MR) is 87.4 cm³/mol. The highest BCUT2D eigenvalue weighted by atomic mass is 16.2. The van der Waals surface area contributed by atoms with Crippen molar-refractivity contribution in [3.05, 3.63) is 42.5 Å². The lowest BCUT2D eigenvalue weighted by Crippen LogP contribution is -2.38. The molecule has 7 nitrogen and oxygen atoms in total. The molecule has 4 heterocycles. The summed E-state index contributed by atoms with van der Waals surface area (Å²) >= 11 is 0. The highest BCUT2D eigenvalue weighted by Crippen LogP contribution is 2.42. The maximum atomic E-state index is 13.0. The van der Waals surface area contributed by atoms with E-state index < -0.39 is 5.41 Å². The van der Waals surface area contributed by atoms with Crippen LogP contribution in [-0.2, 0) is 11.8 Å². The average molecular weight is 325 g/mol. The largest absolute Gasteiger partial charge is 0.336 e. The molecule has 24 heavy (non-hydrogen) atoms. The van der Waals surface area contributed by atoms with Gasteiger partial charge in [-0.15, -0.1) is 0 Å². The molecule has 2 amide bonds. The topological polar surface area (TPSA) is 71.3 Å². The molecule has 2 aliphatic heterocycles. The van der Waals surface area contributed by atoms with E-state index in [1.807, 2.05) is 13.2 Å². The molecule has 0 bridgehead atoms. The zero-order chi connectivity index (χ0) is 16.7. The summed E-state index contributed by atoms with van der Waals surface area (Å²) in [5.41, 5.74) is 0.804. The molecule has 1 atom stereocenters. The van der Waals surface area contributed by atoms with Crippen LogP contribution in [0.25, 0.3) is 0 Å². The zero-order valence-corrected chi connectivity index (χ0v) is 13.6. The summed E-state index contributed by atoms with van der Waals surface area (Å²) in [5.74, 6) is 0.00641. The van der Waals surface area contributed by atoms with E-state index in [1.165, 1.54) is 0 Å². The van der Waals surface area contributed by atoms with Crippen LogP contribution in [-0.4, -0.2) is 51.1 Å². The van der Waals surface area contributed by atoms with Gasteiger partial charge in [0.25, 0.3) is 5.91 Å². The molecule has 2 aromatic heterocycles. The molecular weight excluding hydrogens is 306 g/mol. The van der Waals surface area contributed by atoms with Crippen molar-refractivity contribution in [2.45, 2.75) is 12.8 Å². The van der Waals surface area contributed by atoms with E-state index in [0.29, 0.717) is 31.7 Å². The van der Waals surface area contributed by atoms with Gasteiger partial charge in [0.1, 0.15) is 5.69 Å². The average Bonchev–Trinajstić information content (AvgIpc) is 3.30. The van der Waals surface area contributed by atoms with Crippen LogP contribution in [0.2, 0.25) is 0 Å². The normalized spacial score (nSPS) is 23.5. The molecule has 0 saturated carbocycles. The molecule has 124 valence electrons. The van der Waals surface area contributed by atoms with E-state index in [-0.39, 0.29) is 11.8 Å². The fraction of sp³-hybridized carbons (Fsp3) is 0.412. The Balaban J connectivity index is 1.52. The molecule has 0 N–H and O–H groups in total. The Morgan fingerprint density at radius 2 is 2.08 bits per heavy atom. The highest BCUT2D eigenvalue weighted by molar-refractivity contribution is 6.01. The van der Waals surface area contributed by atoms with Gasteiger partial charge in [-0.05, 0) is 25.0 Å². The quantitative estimate of drug-likeness (QED) is 0.828. The second-order valence-electron chi connectivity index (χ2n) is 6.55. The molecule has 0 radical (unpaired) electrons. The first-order chi connectivity index (χ1) is 11.6. The smallest absolute Gasteiger partial charge is 0.272 e. The fourth-order valence-corrected chi connectivity index (χ4v) is 3.69. The molecule has 2 saturated heterocycles. The molecular formula is C17H19N5O2. The SMILES string of the molecule is Cn1cc(N2CC[C@@]3(CCN(C(=O)c4ccccn4)C3)C2=O)cn1. The number of anilines is 1. The van der Waals surface area contributed by atoms with Gasteiger partial charge in [0.2, 0.25) is 5.91 Å². The third kappa shape index (κ3) is 2.28. The van der Waals surface area contributed by atoms with Gasteiger partial charge in [0, 0.05) is 39.1 Å². The Bertz CT molecular complexity index is 787. The predicted octanol–water partition coefficient (Wildman–Crippen LogP) is 1.08. The standard InChI is InChI=1S/C17H19N5O2/c1-20-11-13(10-19-20)22-9-6-17(16(22)24)5-8-21(12-17)15(23)14-4-2-3-7-18-14/h2-4,7,10-11H,5-6,8-9,12H2,1H3/t17-/m1/s1. The van der Waals surface area contributed by atoms with Gasteiger partial charge in [0.05, 0.1) is 17.3 Å². The monoisotopic (exact) mass is 325 g/mol. The van der Waals surface area contributed by atoms with Crippen molar-refractivity contribution >= 4 is 17.5 Å². The van der Waals surface area contributed by atoms with Gasteiger partial charge < -0.3 is 9.80 Å². The summed E-state index contributed by atoms with van der Waals surface area (Å²) < 4.78 is 1.69. The van der Waals surface area contributed by atoms with Crippen LogP contribution in [0.3, 0.4) is 0 Å². The molecule has 0 unspecified atom stereocenters. The van der Waals surface area contributed by atoms with E-state index in [4.69, 9.17) is 0 Å². The Kier molecular flexibility index (Phi) is 3.37. The molecule has 0 aromatic carbocycles. The van der Waals surface area contributed by atoms with E-state index >= 15 is 0 Å². The second-order valence-corrected chi connectivity index (χ2v) is 6.55. The lowest BCUT2D eigenvalue weighted by Gasteiger charge is -2.23. The molecule has 0 aliphatic carbocycles. The zero-order valence-electron chi connectivity index (χ0n) is 13.6. The number of hydrogen-bond acceptors (Lipinski definition) is 4. The fourth-order valence-electron chi connectivity index (χ4n) is 3.69. The van der Waals surface area contributed by atoms with Crippen LogP contribution in [0.15, 0.2) is 36.8 Å². The molecule has 7 heteroatoms. The van der Waals surface area contributed by atoms with Gasteiger partial charge in [-0.2, -0.15) is 5.10 Å². The first-order valence-corrected chi connectivity index (χ1v) is 8.10. The van der Waals surface area contributed by atoms with Gasteiger partial charge in [0.15, 0.2) is 0 Å². The Morgan fingerprint density at radius 3 is 2.79 bits per heavy atom. The third-order valence-electron chi connectivity index (χ3n) is 5.04. The number of likely N-dealkylation sites (tertiary alicyclic amines) is 1. The van der Waals surface area contributed by atoms with Crippen LogP contribution >= 0.6 is 0 Å². The van der Waals surface area contributed by atoms with Gasteiger partial charge in [-0.25, -0.2) is 0 Å². The number of aryl methyl sites for hydroxylation is 1. The molecule has 1 spiro atoms. The van der Waals surface area contributed by atoms with Crippen LogP contribution in [0.5, 0.6) is 0 Å². The summed E-state index contributed by atoms with van der Waals surface area (Å²) in [6.45, 7) is 1.75. The van der Waals surface area contributed by atoms with Crippen LogP contribution in [0, 0.1) is 5.41 Å². The number of carbonyl (C=O) groups is 2. The number of hydrogen-bond donors (Lipinski definition) is 0. The summed E-state index contributed by atoms with van der Waals surface area (Å²) in [5, 5.41) is 4.14. The summed E-state index contributed by atoms with van der Waals surface area (Å²) in [4.78, 5) is 33.2. The first-order valence-electron chi connectivity index (χ1n) is 8.10. The minimum atomic E-state index is -0.458. The van der Waals surface area contributed by atoms with E-state index in [9.17, 15) is 9.59 Å². The summed E-state index contributed by atoms with van der Waals surface area (Å²) in [6, 6.07) is 5.30. The lowest BCUT2D eigenvalue weighted by molar-refractivity contribution is -0.124. The lowest BCUT2D eigenvalue weighted by atomic mass is 9.85. The van der Waals surface area contributed by atoms with Crippen molar-refractivity contribution in [1.29, 1.82) is 0 Å². The first kappa shape index (κ1) is 14.9. The minimum Gasteiger partial charge on any atom is -0.336 e. The molecule has 4 rings (SSSR count). The van der Waals surface area contributed by atoms with Crippen LogP contribution < -0.4 is 4.90 Å². The van der Waals surface area contributed by atoms with Gasteiger partial charge in [-0.1, -0.05) is 6.07 Å². The number of amides is 2. The molecule has 2 fully saturated rings. The van der Waals surface area contributed by atoms with E-state index in [0.717, 1.165) is 12.1 Å². The van der Waals surface area contributed by atoms with E-state index in [2.05, 4.69) is 10.1 Å². The van der Waals surface area contributed by atoms with Crippen LogP contribution in [0.4, 0.5) is 5.69 Å².